The minimum Gasteiger partial charge on any atom is -0.347 e. The third kappa shape index (κ3) is 2.94. The quantitative estimate of drug-likeness (QED) is 0.696. The Bertz CT molecular complexity index is 868. The van der Waals surface area contributed by atoms with E-state index in [2.05, 4.69) is 4.98 Å². The lowest BCUT2D eigenvalue weighted by atomic mass is 10.0. The number of ketones is 2. The monoisotopic (exact) mass is 308 g/mol. The number of aryl methyl sites for hydroxylation is 1. The molecule has 1 aromatic carbocycles. The third-order valence-electron chi connectivity index (χ3n) is 3.53. The van der Waals surface area contributed by atoms with Crippen LogP contribution in [0.3, 0.4) is 0 Å². The predicted octanol–water partition coefficient (Wildman–Crippen LogP) is 3.02. The first-order chi connectivity index (χ1) is 11.1. The molecule has 0 bridgehead atoms. The van der Waals surface area contributed by atoms with Gasteiger partial charge < -0.3 is 4.57 Å². The molecule has 2 heterocycles. The fourth-order valence-electron chi connectivity index (χ4n) is 2.33. The van der Waals surface area contributed by atoms with E-state index in [-0.39, 0.29) is 11.6 Å². The van der Waals surface area contributed by atoms with E-state index in [4.69, 9.17) is 0 Å². The number of pyridine rings is 1. The van der Waals surface area contributed by atoms with Crippen molar-refractivity contribution >= 4 is 11.6 Å². The highest BCUT2D eigenvalue weighted by Crippen LogP contribution is 2.16. The summed E-state index contributed by atoms with van der Waals surface area (Å²) in [6, 6.07) is 10.2. The summed E-state index contributed by atoms with van der Waals surface area (Å²) in [6.07, 6.45) is 4.66. The van der Waals surface area contributed by atoms with Gasteiger partial charge in [-0.25, -0.2) is 4.39 Å². The van der Waals surface area contributed by atoms with Crippen LogP contribution >= 0.6 is 0 Å². The zero-order valence-electron chi connectivity index (χ0n) is 12.4. The van der Waals surface area contributed by atoms with Crippen molar-refractivity contribution in [2.45, 2.75) is 0 Å². The van der Waals surface area contributed by atoms with Crippen LogP contribution in [0, 0.1) is 5.82 Å². The second-order valence-electron chi connectivity index (χ2n) is 5.13. The number of hydrogen-bond donors (Lipinski definition) is 0. The number of carbonyl (C=O) groups excluding carboxylic acids is 2. The number of rotatable bonds is 4. The highest BCUT2D eigenvalue weighted by atomic mass is 19.1. The molecule has 0 aliphatic rings. The lowest BCUT2D eigenvalue weighted by Crippen LogP contribution is -2.06. The minimum absolute atomic E-state index is 0.209. The van der Waals surface area contributed by atoms with Gasteiger partial charge in [0, 0.05) is 42.3 Å². The van der Waals surface area contributed by atoms with Crippen molar-refractivity contribution in [3.8, 4) is 0 Å². The molecule has 0 N–H and O–H groups in total. The molecule has 0 aliphatic carbocycles. The van der Waals surface area contributed by atoms with Crippen LogP contribution in [0.25, 0.3) is 0 Å². The summed E-state index contributed by atoms with van der Waals surface area (Å²) in [5.41, 5.74) is 1.60. The average molecular weight is 308 g/mol. The summed E-state index contributed by atoms with van der Waals surface area (Å²) in [5.74, 6) is -0.869. The topological polar surface area (TPSA) is 52.0 Å². The summed E-state index contributed by atoms with van der Waals surface area (Å²) in [6.45, 7) is 0. The minimum atomic E-state index is -0.401. The number of hydrogen-bond acceptors (Lipinski definition) is 3. The van der Waals surface area contributed by atoms with Crippen LogP contribution in [0.4, 0.5) is 4.39 Å². The lowest BCUT2D eigenvalue weighted by Gasteiger charge is -2.01. The fourth-order valence-corrected chi connectivity index (χ4v) is 2.33. The average Bonchev–Trinajstić information content (AvgIpc) is 2.97. The van der Waals surface area contributed by atoms with E-state index in [9.17, 15) is 14.0 Å². The molecule has 0 atom stereocenters. The van der Waals surface area contributed by atoms with E-state index in [1.54, 1.807) is 42.2 Å². The number of halogens is 1. The van der Waals surface area contributed by atoms with Gasteiger partial charge in [0.1, 0.15) is 5.82 Å². The molecule has 114 valence electrons. The van der Waals surface area contributed by atoms with Crippen molar-refractivity contribution in [1.29, 1.82) is 0 Å². The Morgan fingerprint density at radius 3 is 2.39 bits per heavy atom. The second-order valence-corrected chi connectivity index (χ2v) is 5.13. The first-order valence-corrected chi connectivity index (χ1v) is 6.97. The van der Waals surface area contributed by atoms with Crippen LogP contribution in [0.2, 0.25) is 0 Å². The van der Waals surface area contributed by atoms with E-state index < -0.39 is 5.82 Å². The molecule has 0 spiro atoms. The standard InChI is InChI=1S/C18H13FN2O2/c1-21-11-14(17(22)12-4-6-15(19)7-5-12)9-16(21)18(23)13-3-2-8-20-10-13/h2-11H,1H3. The molecule has 2 aromatic heterocycles. The lowest BCUT2D eigenvalue weighted by molar-refractivity contribution is 0.102. The SMILES string of the molecule is Cn1cc(C(=O)c2ccc(F)cc2)cc1C(=O)c1cccnc1. The van der Waals surface area contributed by atoms with Gasteiger partial charge in [-0.2, -0.15) is 0 Å². The summed E-state index contributed by atoms with van der Waals surface area (Å²) in [7, 11) is 1.70. The predicted molar refractivity (Wildman–Crippen MR) is 82.9 cm³/mol. The van der Waals surface area contributed by atoms with Gasteiger partial charge in [0.2, 0.25) is 5.78 Å². The third-order valence-corrected chi connectivity index (χ3v) is 3.53. The molecule has 23 heavy (non-hydrogen) atoms. The molecule has 3 aromatic rings. The molecule has 0 radical (unpaired) electrons. The van der Waals surface area contributed by atoms with Gasteiger partial charge in [-0.1, -0.05) is 0 Å². The Balaban J connectivity index is 1.93. The summed E-state index contributed by atoms with van der Waals surface area (Å²) < 4.78 is 14.6. The van der Waals surface area contributed by atoms with E-state index >= 15 is 0 Å². The van der Waals surface area contributed by atoms with E-state index in [0.29, 0.717) is 22.4 Å². The van der Waals surface area contributed by atoms with Gasteiger partial charge in [0.15, 0.2) is 5.78 Å². The van der Waals surface area contributed by atoms with Crippen molar-refractivity contribution in [1.82, 2.24) is 9.55 Å². The smallest absolute Gasteiger partial charge is 0.210 e. The molecule has 0 saturated carbocycles. The molecule has 0 aliphatic heterocycles. The first kappa shape index (κ1) is 14.8. The van der Waals surface area contributed by atoms with Gasteiger partial charge in [0.25, 0.3) is 0 Å². The zero-order chi connectivity index (χ0) is 16.4. The number of aromatic nitrogens is 2. The first-order valence-electron chi connectivity index (χ1n) is 6.97. The van der Waals surface area contributed by atoms with Crippen molar-refractivity contribution in [3.05, 3.63) is 89.3 Å². The van der Waals surface area contributed by atoms with Crippen LogP contribution < -0.4 is 0 Å². The van der Waals surface area contributed by atoms with Gasteiger partial charge in [-0.15, -0.1) is 0 Å². The van der Waals surface area contributed by atoms with Crippen molar-refractivity contribution in [2.24, 2.45) is 7.05 Å². The summed E-state index contributed by atoms with van der Waals surface area (Å²) in [5, 5.41) is 0. The normalized spacial score (nSPS) is 10.5. The van der Waals surface area contributed by atoms with Gasteiger partial charge >= 0.3 is 0 Å². The number of carbonyl (C=O) groups is 2. The molecule has 0 saturated heterocycles. The van der Waals surface area contributed by atoms with Gasteiger partial charge in [-0.05, 0) is 42.5 Å². The van der Waals surface area contributed by atoms with Crippen LogP contribution in [-0.2, 0) is 7.05 Å². The summed E-state index contributed by atoms with van der Waals surface area (Å²) >= 11 is 0. The van der Waals surface area contributed by atoms with E-state index in [1.165, 1.54) is 30.5 Å². The molecule has 5 heteroatoms. The molecule has 4 nitrogen and oxygen atoms in total. The van der Waals surface area contributed by atoms with Crippen LogP contribution in [0.5, 0.6) is 0 Å². The highest BCUT2D eigenvalue weighted by Gasteiger charge is 2.18. The second kappa shape index (κ2) is 5.96. The van der Waals surface area contributed by atoms with Gasteiger partial charge in [-0.3, -0.25) is 14.6 Å². The van der Waals surface area contributed by atoms with E-state index in [1.807, 2.05) is 0 Å². The molecule has 0 fully saturated rings. The maximum atomic E-state index is 12.9. The molecule has 3 rings (SSSR count). The Morgan fingerprint density at radius 2 is 1.74 bits per heavy atom. The Labute approximate surface area is 132 Å². The maximum absolute atomic E-state index is 12.9. The molecular formula is C18H13FN2O2. The van der Waals surface area contributed by atoms with Crippen LogP contribution in [0.15, 0.2) is 61.1 Å². The van der Waals surface area contributed by atoms with Crippen molar-refractivity contribution in [3.63, 3.8) is 0 Å². The molecule has 0 unspecified atom stereocenters. The Kier molecular flexibility index (Phi) is 3.85. The van der Waals surface area contributed by atoms with Crippen molar-refractivity contribution < 1.29 is 14.0 Å². The van der Waals surface area contributed by atoms with E-state index in [0.717, 1.165) is 0 Å². The largest absolute Gasteiger partial charge is 0.347 e. The zero-order valence-corrected chi connectivity index (χ0v) is 12.4. The van der Waals surface area contributed by atoms with Crippen LogP contribution in [-0.4, -0.2) is 21.1 Å². The van der Waals surface area contributed by atoms with Gasteiger partial charge in [0.05, 0.1) is 5.69 Å². The number of benzene rings is 1. The Hall–Kier alpha value is -3.08. The van der Waals surface area contributed by atoms with Crippen LogP contribution in [0.1, 0.15) is 32.0 Å². The molecular weight excluding hydrogens is 295 g/mol. The highest BCUT2D eigenvalue weighted by molar-refractivity contribution is 6.12. The maximum Gasteiger partial charge on any atom is 0.210 e. The molecule has 0 amide bonds. The fraction of sp³-hybridized carbons (Fsp3) is 0.0556. The Morgan fingerprint density at radius 1 is 1.00 bits per heavy atom. The number of nitrogens with zero attached hydrogens (tertiary/aromatic N) is 2. The van der Waals surface area contributed by atoms with Crippen molar-refractivity contribution in [2.75, 3.05) is 0 Å². The summed E-state index contributed by atoms with van der Waals surface area (Å²) in [4.78, 5) is 28.8.